The third kappa shape index (κ3) is 5.84. The Balaban J connectivity index is 1.58. The second kappa shape index (κ2) is 9.55. The van der Waals surface area contributed by atoms with E-state index in [4.69, 9.17) is 9.47 Å². The van der Waals surface area contributed by atoms with Gasteiger partial charge in [-0.3, -0.25) is 0 Å². The monoisotopic (exact) mass is 379 g/mol. The summed E-state index contributed by atoms with van der Waals surface area (Å²) < 4.78 is 11.4. The lowest BCUT2D eigenvalue weighted by atomic mass is 10.2. The quantitative estimate of drug-likeness (QED) is 0.572. The van der Waals surface area contributed by atoms with Crippen LogP contribution in [0.4, 0.5) is 11.8 Å². The van der Waals surface area contributed by atoms with E-state index in [2.05, 4.69) is 27.2 Å². The van der Waals surface area contributed by atoms with Gasteiger partial charge in [-0.05, 0) is 25.1 Å². The van der Waals surface area contributed by atoms with Gasteiger partial charge in [-0.15, -0.1) is 0 Å². The van der Waals surface area contributed by atoms with Crippen molar-refractivity contribution in [1.29, 1.82) is 0 Å². The molecule has 0 unspecified atom stereocenters. The molecule has 7 nitrogen and oxygen atoms in total. The summed E-state index contributed by atoms with van der Waals surface area (Å²) >= 11 is 0. The van der Waals surface area contributed by atoms with Gasteiger partial charge in [0.05, 0.1) is 12.2 Å². The maximum Gasteiger partial charge on any atom is 0.227 e. The van der Waals surface area contributed by atoms with Gasteiger partial charge in [0, 0.05) is 32.4 Å². The molecule has 1 aromatic carbocycles. The first-order valence-corrected chi connectivity index (χ1v) is 9.12. The molecule has 146 valence electrons. The lowest BCUT2D eigenvalue weighted by molar-refractivity contribution is 0.289. The van der Waals surface area contributed by atoms with E-state index in [1.807, 2.05) is 67.5 Å². The number of pyridine rings is 1. The summed E-state index contributed by atoms with van der Waals surface area (Å²) in [5, 5.41) is 3.29. The van der Waals surface area contributed by atoms with Crippen molar-refractivity contribution in [1.82, 2.24) is 15.0 Å². The van der Waals surface area contributed by atoms with Gasteiger partial charge in [0.1, 0.15) is 24.8 Å². The Labute approximate surface area is 165 Å². The minimum absolute atomic E-state index is 0.314. The molecule has 28 heavy (non-hydrogen) atoms. The Hall–Kier alpha value is -3.35. The van der Waals surface area contributed by atoms with Crippen molar-refractivity contribution in [3.63, 3.8) is 0 Å². The van der Waals surface area contributed by atoms with E-state index in [0.29, 0.717) is 31.6 Å². The zero-order valence-corrected chi connectivity index (χ0v) is 16.4. The molecule has 2 aromatic heterocycles. The van der Waals surface area contributed by atoms with E-state index in [9.17, 15) is 0 Å². The predicted octanol–water partition coefficient (Wildman–Crippen LogP) is 3.32. The average Bonchev–Trinajstić information content (AvgIpc) is 2.71. The van der Waals surface area contributed by atoms with Crippen molar-refractivity contribution in [3.05, 3.63) is 66.0 Å². The van der Waals surface area contributed by atoms with E-state index < -0.39 is 0 Å². The largest absolute Gasteiger partial charge is 0.492 e. The molecule has 3 aromatic rings. The van der Waals surface area contributed by atoms with Crippen molar-refractivity contribution >= 4 is 11.8 Å². The van der Waals surface area contributed by atoms with Crippen molar-refractivity contribution in [2.24, 2.45) is 0 Å². The van der Waals surface area contributed by atoms with Gasteiger partial charge in [0.25, 0.3) is 0 Å². The molecule has 0 fully saturated rings. The number of rotatable bonds is 9. The molecule has 0 atom stereocenters. The van der Waals surface area contributed by atoms with Crippen molar-refractivity contribution in [3.8, 4) is 11.6 Å². The molecule has 0 amide bonds. The second-order valence-electron chi connectivity index (χ2n) is 6.48. The van der Waals surface area contributed by atoms with Crippen LogP contribution in [0.3, 0.4) is 0 Å². The van der Waals surface area contributed by atoms with E-state index >= 15 is 0 Å². The van der Waals surface area contributed by atoms with Gasteiger partial charge in [-0.1, -0.05) is 23.8 Å². The summed E-state index contributed by atoms with van der Waals surface area (Å²) in [5.41, 5.74) is 1.98. The van der Waals surface area contributed by atoms with Crippen molar-refractivity contribution in [2.45, 2.75) is 13.5 Å². The average molecular weight is 379 g/mol. The van der Waals surface area contributed by atoms with Crippen LogP contribution >= 0.6 is 0 Å². The first-order valence-electron chi connectivity index (χ1n) is 9.12. The first-order chi connectivity index (χ1) is 13.6. The molecule has 0 bridgehead atoms. The minimum Gasteiger partial charge on any atom is -0.492 e. The molecule has 0 aliphatic heterocycles. The zero-order chi connectivity index (χ0) is 19.8. The smallest absolute Gasteiger partial charge is 0.227 e. The normalized spacial score (nSPS) is 10.4. The molecule has 7 heteroatoms. The Kier molecular flexibility index (Phi) is 6.62. The van der Waals surface area contributed by atoms with Gasteiger partial charge in [-0.2, -0.15) is 4.98 Å². The van der Waals surface area contributed by atoms with Gasteiger partial charge >= 0.3 is 0 Å². The molecule has 0 aliphatic rings. The Morgan fingerprint density at radius 3 is 2.54 bits per heavy atom. The SMILES string of the molecule is Cc1ccc(OCCNc2cc(COc3ccccn3)nc(N(C)C)n2)cc1. The van der Waals surface area contributed by atoms with Gasteiger partial charge in [0.15, 0.2) is 0 Å². The molecule has 0 radical (unpaired) electrons. The molecule has 2 heterocycles. The number of nitrogens with zero attached hydrogens (tertiary/aromatic N) is 4. The van der Waals surface area contributed by atoms with E-state index in [1.165, 1.54) is 5.56 Å². The number of aromatic nitrogens is 3. The summed E-state index contributed by atoms with van der Waals surface area (Å²) in [6.45, 7) is 3.52. The van der Waals surface area contributed by atoms with Crippen LogP contribution in [-0.4, -0.2) is 42.2 Å². The van der Waals surface area contributed by atoms with Crippen LogP contribution in [0, 0.1) is 6.92 Å². The highest BCUT2D eigenvalue weighted by Crippen LogP contribution is 2.15. The summed E-state index contributed by atoms with van der Waals surface area (Å²) in [5.74, 6) is 2.76. The topological polar surface area (TPSA) is 72.4 Å². The van der Waals surface area contributed by atoms with Gasteiger partial charge < -0.3 is 19.7 Å². The van der Waals surface area contributed by atoms with Gasteiger partial charge in [-0.25, -0.2) is 9.97 Å². The maximum atomic E-state index is 5.75. The lowest BCUT2D eigenvalue weighted by Crippen LogP contribution is -2.17. The number of aryl methyl sites for hydroxylation is 1. The fourth-order valence-electron chi connectivity index (χ4n) is 2.41. The number of anilines is 2. The molecular formula is C21H25N5O2. The molecule has 1 N–H and O–H groups in total. The van der Waals surface area contributed by atoms with Crippen LogP contribution in [0.1, 0.15) is 11.3 Å². The van der Waals surface area contributed by atoms with Crippen LogP contribution in [-0.2, 0) is 6.61 Å². The molecule has 3 rings (SSSR count). The lowest BCUT2D eigenvalue weighted by Gasteiger charge is -2.15. The standard InChI is InChI=1S/C21H25N5O2/c1-16-7-9-18(10-8-16)27-13-12-22-19-14-17(24-21(25-19)26(2)3)15-28-20-6-4-5-11-23-20/h4-11,14H,12-13,15H2,1-3H3,(H,22,24,25). The third-order valence-corrected chi connectivity index (χ3v) is 3.87. The van der Waals surface area contributed by atoms with E-state index in [0.717, 1.165) is 17.3 Å². The number of hydrogen-bond acceptors (Lipinski definition) is 7. The summed E-state index contributed by atoms with van der Waals surface area (Å²) in [7, 11) is 3.81. The minimum atomic E-state index is 0.314. The molecule has 0 spiro atoms. The summed E-state index contributed by atoms with van der Waals surface area (Å²) in [6, 6.07) is 15.4. The number of ether oxygens (including phenoxy) is 2. The van der Waals surface area contributed by atoms with Crippen LogP contribution in [0.25, 0.3) is 0 Å². The Morgan fingerprint density at radius 1 is 1.00 bits per heavy atom. The summed E-state index contributed by atoms with van der Waals surface area (Å²) in [6.07, 6.45) is 1.70. The highest BCUT2D eigenvalue weighted by Gasteiger charge is 2.08. The highest BCUT2D eigenvalue weighted by molar-refractivity contribution is 5.43. The fourth-order valence-corrected chi connectivity index (χ4v) is 2.41. The van der Waals surface area contributed by atoms with Crippen LogP contribution < -0.4 is 19.7 Å². The third-order valence-electron chi connectivity index (χ3n) is 3.87. The van der Waals surface area contributed by atoms with Crippen LogP contribution in [0.2, 0.25) is 0 Å². The predicted molar refractivity (Wildman–Crippen MR) is 110 cm³/mol. The van der Waals surface area contributed by atoms with E-state index in [1.54, 1.807) is 6.20 Å². The number of benzene rings is 1. The first kappa shape index (κ1) is 19.4. The highest BCUT2D eigenvalue weighted by atomic mass is 16.5. The molecular weight excluding hydrogens is 354 g/mol. The fraction of sp³-hybridized carbons (Fsp3) is 0.286. The second-order valence-corrected chi connectivity index (χ2v) is 6.48. The number of hydrogen-bond donors (Lipinski definition) is 1. The Morgan fingerprint density at radius 2 is 1.82 bits per heavy atom. The van der Waals surface area contributed by atoms with Crippen molar-refractivity contribution < 1.29 is 9.47 Å². The van der Waals surface area contributed by atoms with Gasteiger partial charge in [0.2, 0.25) is 11.8 Å². The maximum absolute atomic E-state index is 5.75. The molecule has 0 aliphatic carbocycles. The van der Waals surface area contributed by atoms with Crippen molar-refractivity contribution in [2.75, 3.05) is 37.5 Å². The zero-order valence-electron chi connectivity index (χ0n) is 16.4. The van der Waals surface area contributed by atoms with Crippen LogP contribution in [0.5, 0.6) is 11.6 Å². The molecule has 0 saturated heterocycles. The molecule has 0 saturated carbocycles. The van der Waals surface area contributed by atoms with E-state index in [-0.39, 0.29) is 0 Å². The number of nitrogens with one attached hydrogen (secondary N) is 1. The Bertz CT molecular complexity index is 870. The van der Waals surface area contributed by atoms with Crippen LogP contribution in [0.15, 0.2) is 54.7 Å². The summed E-state index contributed by atoms with van der Waals surface area (Å²) in [4.78, 5) is 15.1.